The molecule has 0 spiro atoms. The Morgan fingerprint density at radius 1 is 1.44 bits per heavy atom. The number of benzene rings is 1. The molecule has 0 saturated carbocycles. The summed E-state index contributed by atoms with van der Waals surface area (Å²) in [4.78, 5) is 12.4. The summed E-state index contributed by atoms with van der Waals surface area (Å²) < 4.78 is 2.25. The van der Waals surface area contributed by atoms with E-state index in [1.807, 2.05) is 6.92 Å². The van der Waals surface area contributed by atoms with Crippen LogP contribution < -0.4 is 0 Å². The summed E-state index contributed by atoms with van der Waals surface area (Å²) in [5.41, 5.74) is 0.849. The summed E-state index contributed by atoms with van der Waals surface area (Å²) in [6, 6.07) is 5.05. The number of carbonyl (C=O) groups excluding carboxylic acids is 1. The van der Waals surface area contributed by atoms with Gasteiger partial charge in [-0.05, 0) is 25.1 Å². The number of hydrogen-bond donors (Lipinski definition) is 0. The second kappa shape index (κ2) is 5.43. The fourth-order valence-electron chi connectivity index (χ4n) is 1.63. The van der Waals surface area contributed by atoms with Crippen molar-refractivity contribution >= 4 is 44.9 Å². The van der Waals surface area contributed by atoms with Gasteiger partial charge in [-0.3, -0.25) is 9.48 Å². The number of aryl methyl sites for hydroxylation is 1. The minimum Gasteiger partial charge on any atom is -0.287 e. The number of nitrogens with zero attached hydrogens (tertiary/aromatic N) is 2. The van der Waals surface area contributed by atoms with Crippen molar-refractivity contribution in [3.8, 4) is 0 Å². The smallest absolute Gasteiger partial charge is 0.213 e. The lowest BCUT2D eigenvalue weighted by Gasteiger charge is -2.07. The molecular formula is C12H9BrCl2N2O. The van der Waals surface area contributed by atoms with E-state index >= 15 is 0 Å². The van der Waals surface area contributed by atoms with Crippen LogP contribution in [0.1, 0.15) is 23.0 Å². The molecule has 0 radical (unpaired) electrons. The van der Waals surface area contributed by atoms with Gasteiger partial charge in [0, 0.05) is 21.6 Å². The van der Waals surface area contributed by atoms with Crippen molar-refractivity contribution in [1.82, 2.24) is 9.78 Å². The molecule has 2 rings (SSSR count). The van der Waals surface area contributed by atoms with Crippen molar-refractivity contribution in [3.05, 3.63) is 50.2 Å². The Labute approximate surface area is 123 Å². The first-order valence-electron chi connectivity index (χ1n) is 5.25. The van der Waals surface area contributed by atoms with Crippen LogP contribution in [0.25, 0.3) is 0 Å². The van der Waals surface area contributed by atoms with Crippen molar-refractivity contribution in [2.75, 3.05) is 0 Å². The van der Waals surface area contributed by atoms with Gasteiger partial charge in [0.1, 0.15) is 5.69 Å². The van der Waals surface area contributed by atoms with Crippen LogP contribution in [0.15, 0.2) is 28.9 Å². The third-order valence-corrected chi connectivity index (χ3v) is 3.69. The van der Waals surface area contributed by atoms with Crippen LogP contribution in [0.2, 0.25) is 10.0 Å². The minimum atomic E-state index is -0.200. The van der Waals surface area contributed by atoms with E-state index in [0.29, 0.717) is 32.3 Å². The van der Waals surface area contributed by atoms with Crippen molar-refractivity contribution < 1.29 is 4.79 Å². The van der Waals surface area contributed by atoms with Gasteiger partial charge in [0.2, 0.25) is 5.78 Å². The van der Waals surface area contributed by atoms with Crippen LogP contribution in [0.3, 0.4) is 0 Å². The molecule has 18 heavy (non-hydrogen) atoms. The Hall–Kier alpha value is -0.840. The highest BCUT2D eigenvalue weighted by atomic mass is 79.9. The summed E-state index contributed by atoms with van der Waals surface area (Å²) in [6.07, 6.45) is 1.47. The van der Waals surface area contributed by atoms with Crippen molar-refractivity contribution in [1.29, 1.82) is 0 Å². The predicted molar refractivity (Wildman–Crippen MR) is 75.5 cm³/mol. The van der Waals surface area contributed by atoms with Crippen LogP contribution in [-0.4, -0.2) is 15.6 Å². The molecule has 94 valence electrons. The molecule has 3 nitrogen and oxygen atoms in total. The molecule has 0 aliphatic carbocycles. The standard InChI is InChI=1S/C12H9BrCl2N2O/c1-2-17-11(10(15)6-16-17)12(18)8-5-7(14)3-4-9(8)13/h3-6H,2H2,1H3. The summed E-state index contributed by atoms with van der Waals surface area (Å²) >= 11 is 15.3. The molecule has 0 aliphatic rings. The first-order chi connectivity index (χ1) is 8.54. The van der Waals surface area contributed by atoms with E-state index in [4.69, 9.17) is 23.2 Å². The molecule has 0 aliphatic heterocycles. The third-order valence-electron chi connectivity index (χ3n) is 2.48. The van der Waals surface area contributed by atoms with E-state index in [9.17, 15) is 4.79 Å². The highest BCUT2D eigenvalue weighted by molar-refractivity contribution is 9.10. The molecule has 0 N–H and O–H groups in total. The van der Waals surface area contributed by atoms with E-state index < -0.39 is 0 Å². The maximum atomic E-state index is 12.4. The van der Waals surface area contributed by atoms with Gasteiger partial charge in [-0.1, -0.05) is 39.1 Å². The largest absolute Gasteiger partial charge is 0.287 e. The molecule has 0 bridgehead atoms. The van der Waals surface area contributed by atoms with E-state index in [1.54, 1.807) is 22.9 Å². The quantitative estimate of drug-likeness (QED) is 0.780. The molecule has 0 atom stereocenters. The highest BCUT2D eigenvalue weighted by Crippen LogP contribution is 2.26. The van der Waals surface area contributed by atoms with E-state index in [1.165, 1.54) is 6.20 Å². The molecule has 0 unspecified atom stereocenters. The highest BCUT2D eigenvalue weighted by Gasteiger charge is 2.20. The van der Waals surface area contributed by atoms with Crippen LogP contribution in [-0.2, 0) is 6.54 Å². The summed E-state index contributed by atoms with van der Waals surface area (Å²) in [5, 5.41) is 4.89. The Morgan fingerprint density at radius 2 is 2.17 bits per heavy atom. The lowest BCUT2D eigenvalue weighted by atomic mass is 10.1. The van der Waals surface area contributed by atoms with Gasteiger partial charge >= 0.3 is 0 Å². The molecule has 0 saturated heterocycles. The Bertz CT molecular complexity index is 610. The zero-order valence-corrected chi connectivity index (χ0v) is 12.6. The number of halogens is 3. The third kappa shape index (κ3) is 2.46. The Kier molecular flexibility index (Phi) is 4.10. The second-order valence-corrected chi connectivity index (χ2v) is 5.31. The minimum absolute atomic E-state index is 0.200. The molecule has 2 aromatic rings. The van der Waals surface area contributed by atoms with Crippen LogP contribution >= 0.6 is 39.1 Å². The summed E-state index contributed by atoms with van der Waals surface area (Å²) in [7, 11) is 0. The fourth-order valence-corrected chi connectivity index (χ4v) is 2.45. The maximum Gasteiger partial charge on any atom is 0.213 e. The molecule has 0 fully saturated rings. The molecule has 1 aromatic heterocycles. The zero-order valence-electron chi connectivity index (χ0n) is 9.45. The monoisotopic (exact) mass is 346 g/mol. The summed E-state index contributed by atoms with van der Waals surface area (Å²) in [5.74, 6) is -0.200. The van der Waals surface area contributed by atoms with Crippen molar-refractivity contribution in [2.45, 2.75) is 13.5 Å². The van der Waals surface area contributed by atoms with Gasteiger partial charge in [0.25, 0.3) is 0 Å². The first kappa shape index (κ1) is 13.6. The number of hydrogen-bond acceptors (Lipinski definition) is 2. The maximum absolute atomic E-state index is 12.4. The van der Waals surface area contributed by atoms with Gasteiger partial charge in [0.05, 0.1) is 11.2 Å². The van der Waals surface area contributed by atoms with E-state index in [0.717, 1.165) is 0 Å². The SMILES string of the molecule is CCn1ncc(Cl)c1C(=O)c1cc(Cl)ccc1Br. The second-order valence-electron chi connectivity index (χ2n) is 3.61. The first-order valence-corrected chi connectivity index (χ1v) is 6.80. The lowest BCUT2D eigenvalue weighted by Crippen LogP contribution is -2.11. The zero-order chi connectivity index (χ0) is 13.3. The van der Waals surface area contributed by atoms with Gasteiger partial charge in [-0.15, -0.1) is 0 Å². The van der Waals surface area contributed by atoms with Crippen LogP contribution in [0.5, 0.6) is 0 Å². The average molecular weight is 348 g/mol. The van der Waals surface area contributed by atoms with Gasteiger partial charge in [-0.2, -0.15) is 5.10 Å². The molecular weight excluding hydrogens is 339 g/mol. The number of aromatic nitrogens is 2. The van der Waals surface area contributed by atoms with Crippen LogP contribution in [0.4, 0.5) is 0 Å². The van der Waals surface area contributed by atoms with E-state index in [-0.39, 0.29) is 5.78 Å². The normalized spacial score (nSPS) is 10.7. The average Bonchev–Trinajstić information content (AvgIpc) is 2.72. The summed E-state index contributed by atoms with van der Waals surface area (Å²) in [6.45, 7) is 2.47. The number of carbonyl (C=O) groups is 1. The lowest BCUT2D eigenvalue weighted by molar-refractivity contribution is 0.102. The van der Waals surface area contributed by atoms with Crippen molar-refractivity contribution in [3.63, 3.8) is 0 Å². The Balaban J connectivity index is 2.54. The van der Waals surface area contributed by atoms with Gasteiger partial charge < -0.3 is 0 Å². The number of ketones is 1. The number of rotatable bonds is 3. The molecule has 1 aromatic carbocycles. The van der Waals surface area contributed by atoms with Gasteiger partial charge in [0.15, 0.2) is 0 Å². The Morgan fingerprint density at radius 3 is 2.83 bits per heavy atom. The van der Waals surface area contributed by atoms with Crippen molar-refractivity contribution in [2.24, 2.45) is 0 Å². The fraction of sp³-hybridized carbons (Fsp3) is 0.167. The molecule has 6 heteroatoms. The predicted octanol–water partition coefficient (Wildman–Crippen LogP) is 4.20. The topological polar surface area (TPSA) is 34.9 Å². The van der Waals surface area contributed by atoms with E-state index in [2.05, 4.69) is 21.0 Å². The molecule has 0 amide bonds. The molecule has 1 heterocycles. The van der Waals surface area contributed by atoms with Gasteiger partial charge in [-0.25, -0.2) is 0 Å². The van der Waals surface area contributed by atoms with Crippen LogP contribution in [0, 0.1) is 0 Å².